The van der Waals surface area contributed by atoms with E-state index in [0.717, 1.165) is 29.6 Å². The summed E-state index contributed by atoms with van der Waals surface area (Å²) < 4.78 is 5.00. The fraction of sp³-hybridized carbons (Fsp3) is 0.0714. The summed E-state index contributed by atoms with van der Waals surface area (Å²) in [6.07, 6.45) is 18.9. The molecule has 7 aromatic rings. The van der Waals surface area contributed by atoms with E-state index in [2.05, 4.69) is 137 Å². The monoisotopic (exact) mass is 609 g/mol. The zero-order valence-corrected chi connectivity index (χ0v) is 26.0. The number of aromatic nitrogens is 1. The van der Waals surface area contributed by atoms with Crippen LogP contribution < -0.4 is 5.32 Å². The van der Waals surface area contributed by atoms with E-state index in [9.17, 15) is 0 Å². The van der Waals surface area contributed by atoms with Gasteiger partial charge in [0.05, 0.1) is 28.5 Å². The van der Waals surface area contributed by atoms with Crippen LogP contribution in [0.4, 0.5) is 0 Å². The van der Waals surface area contributed by atoms with Crippen LogP contribution in [0.1, 0.15) is 12.8 Å². The zero-order chi connectivity index (χ0) is 30.6. The Balaban J connectivity index is 1.37. The van der Waals surface area contributed by atoms with Gasteiger partial charge in [-0.15, -0.1) is 11.3 Å². The number of rotatable bonds is 5. The molecule has 0 saturated heterocycles. The Bertz CT molecular complexity index is 2520. The summed E-state index contributed by atoms with van der Waals surface area (Å²) in [7, 11) is 0. The van der Waals surface area contributed by atoms with Crippen molar-refractivity contribution >= 4 is 76.0 Å². The summed E-state index contributed by atoms with van der Waals surface area (Å²) in [5.41, 5.74) is 7.57. The van der Waals surface area contributed by atoms with E-state index in [4.69, 9.17) is 5.41 Å². The lowest BCUT2D eigenvalue weighted by Crippen LogP contribution is -2.34. The van der Waals surface area contributed by atoms with Crippen LogP contribution in [0.15, 0.2) is 151 Å². The standard InChI is InChI=1S/C42H31N3S/c43-34-19-9-10-20-35(34)44-36(28-15-5-2-6-16-28)26-45-37-21-11-7-17-30(37)40-33-25-32(27-13-3-1-4-14-27)42-41(29(33)23-24-38(40)45)31-18-8-12-22-39(31)46-42/h1,3-5,7-26,35,43-44H,2,6H2/b36-26+,43-34?. The lowest BCUT2D eigenvalue weighted by Gasteiger charge is -2.22. The molecule has 2 aliphatic rings. The van der Waals surface area contributed by atoms with E-state index < -0.39 is 0 Å². The van der Waals surface area contributed by atoms with Crippen molar-refractivity contribution in [3.8, 4) is 11.1 Å². The summed E-state index contributed by atoms with van der Waals surface area (Å²) in [4.78, 5) is 0. The first kappa shape index (κ1) is 26.9. The fourth-order valence-corrected chi connectivity index (χ4v) is 8.40. The molecule has 46 heavy (non-hydrogen) atoms. The molecule has 5 aromatic carbocycles. The first-order chi connectivity index (χ1) is 22.7. The normalized spacial score (nSPS) is 16.8. The minimum Gasteiger partial charge on any atom is -0.372 e. The predicted octanol–water partition coefficient (Wildman–Crippen LogP) is 11.2. The highest BCUT2D eigenvalue weighted by Gasteiger charge is 2.20. The molecule has 0 radical (unpaired) electrons. The van der Waals surface area contributed by atoms with E-state index in [0.29, 0.717) is 5.71 Å². The van der Waals surface area contributed by atoms with E-state index >= 15 is 0 Å². The largest absolute Gasteiger partial charge is 0.372 e. The number of benzene rings is 5. The van der Waals surface area contributed by atoms with Crippen molar-refractivity contribution in [1.82, 2.24) is 9.88 Å². The number of allylic oxidation sites excluding steroid dienone is 5. The van der Waals surface area contributed by atoms with Gasteiger partial charge < -0.3 is 15.3 Å². The molecular weight excluding hydrogens is 579 g/mol. The molecule has 0 spiro atoms. The topological polar surface area (TPSA) is 40.8 Å². The first-order valence-electron chi connectivity index (χ1n) is 15.9. The van der Waals surface area contributed by atoms with Crippen LogP contribution in [-0.4, -0.2) is 16.3 Å². The highest BCUT2D eigenvalue weighted by Crippen LogP contribution is 2.47. The maximum Gasteiger partial charge on any atom is 0.0866 e. The van der Waals surface area contributed by atoms with Crippen molar-refractivity contribution in [3.05, 3.63) is 151 Å². The number of nitrogens with one attached hydrogen (secondary N) is 2. The molecule has 0 amide bonds. The minimum atomic E-state index is -0.185. The summed E-state index contributed by atoms with van der Waals surface area (Å²) in [6, 6.07) is 35.3. The third kappa shape index (κ3) is 4.29. The van der Waals surface area contributed by atoms with Gasteiger partial charge in [0.2, 0.25) is 0 Å². The SMILES string of the molecule is N=C1C=CC=CC1N/C(=C/n1c2ccccc2c2c3cc(-c4ccccc4)c4sc5ccccc5c4c3ccc21)C1=CCCC=C1. The molecule has 4 heteroatoms. The highest BCUT2D eigenvalue weighted by molar-refractivity contribution is 7.26. The van der Waals surface area contributed by atoms with E-state index in [1.54, 1.807) is 0 Å². The number of para-hydroxylation sites is 1. The number of thiophene rings is 1. The van der Waals surface area contributed by atoms with Gasteiger partial charge in [-0.05, 0) is 65.1 Å². The average Bonchev–Trinajstić information content (AvgIpc) is 3.66. The van der Waals surface area contributed by atoms with Crippen molar-refractivity contribution in [3.63, 3.8) is 0 Å². The summed E-state index contributed by atoms with van der Waals surface area (Å²) >= 11 is 1.89. The summed E-state index contributed by atoms with van der Waals surface area (Å²) in [5, 5.41) is 20.0. The Labute approximate surface area is 271 Å². The summed E-state index contributed by atoms with van der Waals surface area (Å²) in [5.74, 6) is 0. The molecule has 0 aliphatic heterocycles. The van der Waals surface area contributed by atoms with Crippen molar-refractivity contribution in [2.45, 2.75) is 18.9 Å². The molecule has 2 heterocycles. The Hall–Kier alpha value is -5.45. The Kier molecular flexibility index (Phi) is 6.36. The molecule has 3 nitrogen and oxygen atoms in total. The van der Waals surface area contributed by atoms with Gasteiger partial charge in [0, 0.05) is 42.7 Å². The van der Waals surface area contributed by atoms with Gasteiger partial charge in [0.15, 0.2) is 0 Å². The van der Waals surface area contributed by atoms with Crippen molar-refractivity contribution in [1.29, 1.82) is 5.41 Å². The second-order valence-corrected chi connectivity index (χ2v) is 13.1. The van der Waals surface area contributed by atoms with Gasteiger partial charge in [0.1, 0.15) is 0 Å². The molecule has 2 aromatic heterocycles. The molecule has 0 saturated carbocycles. The van der Waals surface area contributed by atoms with E-state index in [1.165, 1.54) is 58.4 Å². The molecule has 0 bridgehead atoms. The molecule has 1 unspecified atom stereocenters. The molecule has 2 N–H and O–H groups in total. The van der Waals surface area contributed by atoms with Gasteiger partial charge in [-0.3, -0.25) is 0 Å². The van der Waals surface area contributed by atoms with Crippen molar-refractivity contribution in [2.24, 2.45) is 0 Å². The van der Waals surface area contributed by atoms with Crippen molar-refractivity contribution < 1.29 is 0 Å². The van der Waals surface area contributed by atoms with Gasteiger partial charge >= 0.3 is 0 Å². The molecule has 2 aliphatic carbocycles. The number of hydrogen-bond acceptors (Lipinski definition) is 3. The van der Waals surface area contributed by atoms with E-state index in [1.807, 2.05) is 29.6 Å². The van der Waals surface area contributed by atoms with Crippen LogP contribution in [0, 0.1) is 5.41 Å². The Morgan fingerprint density at radius 3 is 2.43 bits per heavy atom. The first-order valence-corrected chi connectivity index (χ1v) is 16.7. The average molecular weight is 610 g/mol. The maximum absolute atomic E-state index is 8.59. The lowest BCUT2D eigenvalue weighted by atomic mass is 9.94. The maximum atomic E-state index is 8.59. The molecular formula is C42H31N3S. The molecule has 9 rings (SSSR count). The molecule has 1 atom stereocenters. The third-order valence-electron chi connectivity index (χ3n) is 9.30. The van der Waals surface area contributed by atoms with Gasteiger partial charge in [0.25, 0.3) is 0 Å². The van der Waals surface area contributed by atoms with Crippen LogP contribution in [0.5, 0.6) is 0 Å². The lowest BCUT2D eigenvalue weighted by molar-refractivity contribution is 0.822. The zero-order valence-electron chi connectivity index (χ0n) is 25.2. The van der Waals surface area contributed by atoms with Crippen LogP contribution in [-0.2, 0) is 0 Å². The van der Waals surface area contributed by atoms with E-state index in [-0.39, 0.29) is 6.04 Å². The smallest absolute Gasteiger partial charge is 0.0866 e. The van der Waals surface area contributed by atoms with Crippen LogP contribution in [0.25, 0.3) is 70.1 Å². The van der Waals surface area contributed by atoms with Gasteiger partial charge in [-0.2, -0.15) is 0 Å². The molecule has 220 valence electrons. The fourth-order valence-electron chi connectivity index (χ4n) is 7.14. The third-order valence-corrected chi connectivity index (χ3v) is 10.5. The number of hydrogen-bond donors (Lipinski definition) is 2. The van der Waals surface area contributed by atoms with Crippen LogP contribution in [0.3, 0.4) is 0 Å². The molecule has 0 fully saturated rings. The quantitative estimate of drug-likeness (QED) is 0.200. The predicted molar refractivity (Wildman–Crippen MR) is 199 cm³/mol. The summed E-state index contributed by atoms with van der Waals surface area (Å²) in [6.45, 7) is 0. The Morgan fingerprint density at radius 1 is 0.761 bits per heavy atom. The second-order valence-electron chi connectivity index (χ2n) is 12.0. The number of fused-ring (bicyclic) bond motifs is 9. The minimum absolute atomic E-state index is 0.185. The number of nitrogens with zero attached hydrogens (tertiary/aromatic N) is 1. The highest BCUT2D eigenvalue weighted by atomic mass is 32.1. The van der Waals surface area contributed by atoms with Crippen LogP contribution in [0.2, 0.25) is 0 Å². The van der Waals surface area contributed by atoms with Gasteiger partial charge in [-0.1, -0.05) is 109 Å². The van der Waals surface area contributed by atoms with Crippen molar-refractivity contribution in [2.75, 3.05) is 0 Å². The second kappa shape index (κ2) is 10.9. The van der Waals surface area contributed by atoms with Gasteiger partial charge in [-0.25, -0.2) is 0 Å². The Morgan fingerprint density at radius 2 is 1.59 bits per heavy atom. The van der Waals surface area contributed by atoms with Crippen LogP contribution >= 0.6 is 11.3 Å².